The first-order valence-corrected chi connectivity index (χ1v) is 9.50. The van der Waals surface area contributed by atoms with Crippen molar-refractivity contribution in [2.75, 3.05) is 11.9 Å². The first kappa shape index (κ1) is 18.4. The summed E-state index contributed by atoms with van der Waals surface area (Å²) in [7, 11) is 0. The Morgan fingerprint density at radius 2 is 1.82 bits per heavy atom. The molecule has 146 valence electrons. The molecule has 1 aliphatic heterocycles. The van der Waals surface area contributed by atoms with Gasteiger partial charge in [0.2, 0.25) is 5.95 Å². The standard InChI is InChI=1S/C21H24FN5O/c1-21(2,3)13-24-20-23-10-9-16(25-20)18-17(14-5-7-15(22)8-6-14)19(28)27-12-4-11-26(18)27/h5-10H,4,11-13H2,1-3H3,(H,23,24,25). The van der Waals surface area contributed by atoms with Crippen LogP contribution in [0.4, 0.5) is 10.3 Å². The van der Waals surface area contributed by atoms with Crippen LogP contribution in [0.15, 0.2) is 41.3 Å². The van der Waals surface area contributed by atoms with E-state index in [2.05, 4.69) is 36.1 Å². The smallest absolute Gasteiger partial charge is 0.275 e. The van der Waals surface area contributed by atoms with E-state index in [9.17, 15) is 9.18 Å². The fraction of sp³-hybridized carbons (Fsp3) is 0.381. The summed E-state index contributed by atoms with van der Waals surface area (Å²) in [5.74, 6) is 0.205. The summed E-state index contributed by atoms with van der Waals surface area (Å²) < 4.78 is 17.1. The van der Waals surface area contributed by atoms with E-state index in [1.807, 2.05) is 10.7 Å². The Balaban J connectivity index is 1.83. The molecule has 0 fully saturated rings. The van der Waals surface area contributed by atoms with Crippen LogP contribution in [0.1, 0.15) is 27.2 Å². The van der Waals surface area contributed by atoms with Crippen LogP contribution in [-0.4, -0.2) is 25.9 Å². The number of hydrogen-bond donors (Lipinski definition) is 1. The molecule has 0 amide bonds. The molecule has 4 rings (SSSR count). The minimum Gasteiger partial charge on any atom is -0.354 e. The van der Waals surface area contributed by atoms with Gasteiger partial charge in [0, 0.05) is 25.8 Å². The van der Waals surface area contributed by atoms with E-state index in [1.165, 1.54) is 12.1 Å². The van der Waals surface area contributed by atoms with Crippen LogP contribution >= 0.6 is 0 Å². The maximum Gasteiger partial charge on any atom is 0.275 e. The molecule has 7 heteroatoms. The lowest BCUT2D eigenvalue weighted by molar-refractivity contribution is 0.442. The fourth-order valence-electron chi connectivity index (χ4n) is 3.47. The second-order valence-corrected chi connectivity index (χ2v) is 8.32. The average Bonchev–Trinajstić information content (AvgIpc) is 3.23. The highest BCUT2D eigenvalue weighted by Gasteiger charge is 2.26. The molecular formula is C21H24FN5O. The first-order valence-electron chi connectivity index (χ1n) is 9.50. The van der Waals surface area contributed by atoms with Gasteiger partial charge in [-0.3, -0.25) is 9.48 Å². The van der Waals surface area contributed by atoms with Crippen molar-refractivity contribution < 1.29 is 4.39 Å². The van der Waals surface area contributed by atoms with Gasteiger partial charge >= 0.3 is 0 Å². The van der Waals surface area contributed by atoms with Crippen LogP contribution in [0.5, 0.6) is 0 Å². The lowest BCUT2D eigenvalue weighted by atomic mass is 9.97. The number of halogens is 1. The second-order valence-electron chi connectivity index (χ2n) is 8.32. The highest BCUT2D eigenvalue weighted by molar-refractivity contribution is 5.79. The van der Waals surface area contributed by atoms with Crippen molar-refractivity contribution in [1.82, 2.24) is 19.3 Å². The number of nitrogens with one attached hydrogen (secondary N) is 1. The van der Waals surface area contributed by atoms with E-state index in [0.29, 0.717) is 29.3 Å². The SMILES string of the molecule is CC(C)(C)CNc1nccc(-c2c(-c3ccc(F)cc3)c(=O)n3n2CCC3)n1. The lowest BCUT2D eigenvalue weighted by Gasteiger charge is -2.18. The first-order chi connectivity index (χ1) is 13.3. The summed E-state index contributed by atoms with van der Waals surface area (Å²) in [6.45, 7) is 8.56. The Labute approximate surface area is 163 Å². The van der Waals surface area contributed by atoms with E-state index in [0.717, 1.165) is 25.2 Å². The second kappa shape index (κ2) is 6.89. The van der Waals surface area contributed by atoms with Crippen molar-refractivity contribution in [3.8, 4) is 22.5 Å². The van der Waals surface area contributed by atoms with Crippen molar-refractivity contribution in [3.63, 3.8) is 0 Å². The van der Waals surface area contributed by atoms with Crippen LogP contribution in [0.2, 0.25) is 0 Å². The van der Waals surface area contributed by atoms with Gasteiger partial charge in [0.05, 0.1) is 17.0 Å². The predicted molar refractivity (Wildman–Crippen MR) is 108 cm³/mol. The van der Waals surface area contributed by atoms with Crippen molar-refractivity contribution in [3.05, 3.63) is 52.7 Å². The Morgan fingerprint density at radius 3 is 2.54 bits per heavy atom. The van der Waals surface area contributed by atoms with Gasteiger partial charge in [0.1, 0.15) is 5.82 Å². The number of anilines is 1. The lowest BCUT2D eigenvalue weighted by Crippen LogP contribution is -2.20. The van der Waals surface area contributed by atoms with E-state index in [4.69, 9.17) is 0 Å². The van der Waals surface area contributed by atoms with Crippen molar-refractivity contribution in [1.29, 1.82) is 0 Å². The Morgan fingerprint density at radius 1 is 1.11 bits per heavy atom. The highest BCUT2D eigenvalue weighted by Crippen LogP contribution is 2.31. The number of benzene rings is 1. The maximum absolute atomic E-state index is 13.4. The van der Waals surface area contributed by atoms with Crippen molar-refractivity contribution in [2.24, 2.45) is 5.41 Å². The monoisotopic (exact) mass is 381 g/mol. The fourth-order valence-corrected chi connectivity index (χ4v) is 3.47. The minimum absolute atomic E-state index is 0.0677. The molecule has 0 spiro atoms. The van der Waals surface area contributed by atoms with Gasteiger partial charge in [-0.05, 0) is 35.6 Å². The van der Waals surface area contributed by atoms with Gasteiger partial charge in [-0.25, -0.2) is 19.0 Å². The summed E-state index contributed by atoms with van der Waals surface area (Å²) in [5, 5.41) is 3.27. The van der Waals surface area contributed by atoms with Crippen LogP contribution < -0.4 is 10.9 Å². The molecular weight excluding hydrogens is 357 g/mol. The topological polar surface area (TPSA) is 64.7 Å². The zero-order valence-corrected chi connectivity index (χ0v) is 16.4. The van der Waals surface area contributed by atoms with Gasteiger partial charge in [0.15, 0.2) is 0 Å². The normalized spacial score (nSPS) is 13.6. The molecule has 1 aromatic carbocycles. The molecule has 1 N–H and O–H groups in total. The molecule has 0 saturated heterocycles. The molecule has 0 saturated carbocycles. The molecule has 0 radical (unpaired) electrons. The maximum atomic E-state index is 13.4. The van der Waals surface area contributed by atoms with Gasteiger partial charge in [-0.15, -0.1) is 0 Å². The van der Waals surface area contributed by atoms with Gasteiger partial charge in [0.25, 0.3) is 5.56 Å². The quantitative estimate of drug-likeness (QED) is 0.747. The number of nitrogens with zero attached hydrogens (tertiary/aromatic N) is 4. The van der Waals surface area contributed by atoms with Crippen LogP contribution in [0, 0.1) is 11.2 Å². The molecule has 1 aliphatic rings. The van der Waals surface area contributed by atoms with Gasteiger partial charge in [-0.2, -0.15) is 0 Å². The third kappa shape index (κ3) is 3.44. The molecule has 28 heavy (non-hydrogen) atoms. The van der Waals surface area contributed by atoms with E-state index in [1.54, 1.807) is 23.0 Å². The summed E-state index contributed by atoms with van der Waals surface area (Å²) in [5.41, 5.74) is 2.71. The summed E-state index contributed by atoms with van der Waals surface area (Å²) in [4.78, 5) is 22.1. The van der Waals surface area contributed by atoms with Gasteiger partial charge in [-0.1, -0.05) is 32.9 Å². The molecule has 0 aliphatic carbocycles. The van der Waals surface area contributed by atoms with E-state index < -0.39 is 0 Å². The van der Waals surface area contributed by atoms with Gasteiger partial charge < -0.3 is 5.32 Å². The Bertz CT molecular complexity index is 1060. The molecule has 3 heterocycles. The van der Waals surface area contributed by atoms with Crippen LogP contribution in [0.3, 0.4) is 0 Å². The zero-order valence-electron chi connectivity index (χ0n) is 16.4. The number of aromatic nitrogens is 4. The molecule has 0 atom stereocenters. The Kier molecular flexibility index (Phi) is 4.53. The average molecular weight is 381 g/mol. The molecule has 6 nitrogen and oxygen atoms in total. The molecule has 3 aromatic rings. The molecule has 0 bridgehead atoms. The molecule has 2 aromatic heterocycles. The third-order valence-electron chi connectivity index (χ3n) is 4.78. The summed E-state index contributed by atoms with van der Waals surface area (Å²) >= 11 is 0. The Hall–Kier alpha value is -2.96. The summed E-state index contributed by atoms with van der Waals surface area (Å²) in [6, 6.07) is 7.86. The zero-order chi connectivity index (χ0) is 19.9. The molecule has 0 unspecified atom stereocenters. The van der Waals surface area contributed by atoms with Crippen molar-refractivity contribution in [2.45, 2.75) is 40.3 Å². The number of hydrogen-bond acceptors (Lipinski definition) is 4. The summed E-state index contributed by atoms with van der Waals surface area (Å²) in [6.07, 6.45) is 2.61. The largest absolute Gasteiger partial charge is 0.354 e. The highest BCUT2D eigenvalue weighted by atomic mass is 19.1. The third-order valence-corrected chi connectivity index (χ3v) is 4.78. The van der Waals surface area contributed by atoms with Crippen LogP contribution in [0.25, 0.3) is 22.5 Å². The van der Waals surface area contributed by atoms with E-state index >= 15 is 0 Å². The number of fused-ring (bicyclic) bond motifs is 1. The number of rotatable bonds is 4. The van der Waals surface area contributed by atoms with Crippen LogP contribution in [-0.2, 0) is 13.1 Å². The predicted octanol–water partition coefficient (Wildman–Crippen LogP) is 3.77. The van der Waals surface area contributed by atoms with E-state index in [-0.39, 0.29) is 16.8 Å². The van der Waals surface area contributed by atoms with Crippen molar-refractivity contribution >= 4 is 5.95 Å². The minimum atomic E-state index is -0.326.